The van der Waals surface area contributed by atoms with Gasteiger partial charge in [0.2, 0.25) is 0 Å². The van der Waals surface area contributed by atoms with E-state index in [1.807, 2.05) is 6.92 Å². The fourth-order valence-corrected chi connectivity index (χ4v) is 4.35. The minimum absolute atomic E-state index is 0.00417. The van der Waals surface area contributed by atoms with Crippen molar-refractivity contribution in [2.75, 3.05) is 13.2 Å². The van der Waals surface area contributed by atoms with Crippen molar-refractivity contribution in [1.82, 2.24) is 4.90 Å². The highest BCUT2D eigenvalue weighted by atomic mass is 35.5. The molecule has 2 aromatic rings. The lowest BCUT2D eigenvalue weighted by atomic mass is 10.2. The average Bonchev–Trinajstić information content (AvgIpc) is 3.03. The number of nitrogens with zero attached hydrogens (tertiary/aromatic N) is 1. The van der Waals surface area contributed by atoms with Crippen LogP contribution in [0.3, 0.4) is 0 Å². The zero-order chi connectivity index (χ0) is 23.1. The van der Waals surface area contributed by atoms with E-state index in [4.69, 9.17) is 33.3 Å². The van der Waals surface area contributed by atoms with Gasteiger partial charge in [0.15, 0.2) is 0 Å². The second kappa shape index (κ2) is 11.4. The van der Waals surface area contributed by atoms with Gasteiger partial charge in [0, 0.05) is 12.1 Å². The first-order valence-electron chi connectivity index (χ1n) is 9.95. The van der Waals surface area contributed by atoms with Crippen LogP contribution in [0.15, 0.2) is 47.4 Å². The quantitative estimate of drug-likeness (QED) is 0.257. The molecule has 0 atom stereocenters. The van der Waals surface area contributed by atoms with Crippen molar-refractivity contribution in [3.8, 4) is 5.75 Å². The van der Waals surface area contributed by atoms with E-state index in [1.54, 1.807) is 36.4 Å². The molecule has 9 heteroatoms. The van der Waals surface area contributed by atoms with E-state index in [2.05, 4.69) is 0 Å². The van der Waals surface area contributed by atoms with E-state index < -0.39 is 5.82 Å². The highest BCUT2D eigenvalue weighted by molar-refractivity contribution is 8.26. The summed E-state index contributed by atoms with van der Waals surface area (Å²) in [7, 11) is 0. The third-order valence-electron chi connectivity index (χ3n) is 4.50. The molecule has 0 aliphatic carbocycles. The fraction of sp³-hybridized carbons (Fsp3) is 0.261. The Morgan fingerprint density at radius 3 is 2.69 bits per heavy atom. The monoisotopic (exact) mass is 493 g/mol. The van der Waals surface area contributed by atoms with E-state index in [1.165, 1.54) is 28.8 Å². The van der Waals surface area contributed by atoms with Gasteiger partial charge in [-0.15, -0.1) is 0 Å². The van der Waals surface area contributed by atoms with Gasteiger partial charge in [-0.05, 0) is 42.3 Å². The Labute approximate surface area is 200 Å². The summed E-state index contributed by atoms with van der Waals surface area (Å²) in [6.45, 7) is 2.47. The normalized spacial score (nSPS) is 14.8. The first kappa shape index (κ1) is 24.2. The maximum atomic E-state index is 13.9. The Morgan fingerprint density at radius 1 is 1.25 bits per heavy atom. The maximum absolute atomic E-state index is 13.9. The van der Waals surface area contributed by atoms with Gasteiger partial charge in [-0.3, -0.25) is 14.5 Å². The van der Waals surface area contributed by atoms with Crippen molar-refractivity contribution in [2.45, 2.75) is 26.4 Å². The average molecular weight is 494 g/mol. The number of benzene rings is 2. The Hall–Kier alpha value is -2.42. The standard InChI is InChI=1S/C23H21ClFNO4S2/c1-2-12-29-21(27)10-11-26-22(28)20(32-23(26)31)13-15-6-8-16(9-7-15)30-14-17-18(24)4-3-5-19(17)25/h3-9,13H,2,10-12,14H2,1H3/b20-13+. The van der Waals surface area contributed by atoms with Crippen LogP contribution in [0.25, 0.3) is 6.08 Å². The third-order valence-corrected chi connectivity index (χ3v) is 6.23. The molecule has 0 aromatic heterocycles. The molecule has 1 saturated heterocycles. The van der Waals surface area contributed by atoms with Crippen LogP contribution in [-0.4, -0.2) is 34.2 Å². The van der Waals surface area contributed by atoms with Gasteiger partial charge in [0.1, 0.15) is 22.5 Å². The fourth-order valence-electron chi connectivity index (χ4n) is 2.82. The van der Waals surface area contributed by atoms with Crippen molar-refractivity contribution in [3.63, 3.8) is 0 Å². The molecule has 1 aliphatic heterocycles. The Balaban J connectivity index is 1.59. The van der Waals surface area contributed by atoms with Gasteiger partial charge in [-0.25, -0.2) is 4.39 Å². The highest BCUT2D eigenvalue weighted by Gasteiger charge is 2.32. The number of ether oxygens (including phenoxy) is 2. The molecule has 0 unspecified atom stereocenters. The van der Waals surface area contributed by atoms with E-state index in [0.717, 1.165) is 12.0 Å². The second-order valence-corrected chi connectivity index (χ2v) is 8.94. The molecule has 32 heavy (non-hydrogen) atoms. The summed E-state index contributed by atoms with van der Waals surface area (Å²) in [5.41, 5.74) is 1.07. The highest BCUT2D eigenvalue weighted by Crippen LogP contribution is 2.33. The Bertz CT molecular complexity index is 1020. The van der Waals surface area contributed by atoms with Crippen molar-refractivity contribution in [2.24, 2.45) is 0 Å². The maximum Gasteiger partial charge on any atom is 0.307 e. The van der Waals surface area contributed by atoms with Crippen molar-refractivity contribution >= 4 is 57.9 Å². The smallest absolute Gasteiger partial charge is 0.307 e. The van der Waals surface area contributed by atoms with Crippen LogP contribution in [0, 0.1) is 5.82 Å². The van der Waals surface area contributed by atoms with E-state index in [9.17, 15) is 14.0 Å². The Morgan fingerprint density at radius 2 is 2.00 bits per heavy atom. The number of hydrogen-bond donors (Lipinski definition) is 0. The van der Waals surface area contributed by atoms with E-state index in [-0.39, 0.29) is 31.4 Å². The lowest BCUT2D eigenvalue weighted by Gasteiger charge is -2.13. The van der Waals surface area contributed by atoms with Gasteiger partial charge >= 0.3 is 5.97 Å². The van der Waals surface area contributed by atoms with Crippen LogP contribution in [0.2, 0.25) is 5.02 Å². The molecule has 168 valence electrons. The summed E-state index contributed by atoms with van der Waals surface area (Å²) < 4.78 is 24.9. The summed E-state index contributed by atoms with van der Waals surface area (Å²) in [6.07, 6.45) is 2.57. The summed E-state index contributed by atoms with van der Waals surface area (Å²) in [5, 5.41) is 0.308. The van der Waals surface area contributed by atoms with E-state index in [0.29, 0.717) is 32.2 Å². The molecule has 0 spiro atoms. The van der Waals surface area contributed by atoms with Crippen LogP contribution >= 0.6 is 35.6 Å². The minimum atomic E-state index is -0.422. The molecule has 1 amide bonds. The third kappa shape index (κ3) is 6.31. The number of esters is 1. The lowest BCUT2D eigenvalue weighted by molar-refractivity contribution is -0.143. The topological polar surface area (TPSA) is 55.8 Å². The number of amides is 1. The van der Waals surface area contributed by atoms with Gasteiger partial charge in [0.05, 0.1) is 23.0 Å². The zero-order valence-corrected chi connectivity index (χ0v) is 19.7. The predicted octanol–water partition coefficient (Wildman–Crippen LogP) is 5.60. The molecule has 0 N–H and O–H groups in total. The molecular formula is C23H21ClFNO4S2. The van der Waals surface area contributed by atoms with Crippen molar-refractivity contribution in [1.29, 1.82) is 0 Å². The summed E-state index contributed by atoms with van der Waals surface area (Å²) in [4.78, 5) is 26.2. The molecule has 2 aromatic carbocycles. The molecule has 3 rings (SSSR count). The number of halogens is 2. The lowest BCUT2D eigenvalue weighted by Crippen LogP contribution is -2.30. The van der Waals surface area contributed by atoms with Gasteiger partial charge in [-0.1, -0.05) is 60.7 Å². The second-order valence-electron chi connectivity index (χ2n) is 6.86. The predicted molar refractivity (Wildman–Crippen MR) is 128 cm³/mol. The molecule has 0 bridgehead atoms. The van der Waals surface area contributed by atoms with Crippen LogP contribution in [0.4, 0.5) is 4.39 Å². The SMILES string of the molecule is CCCOC(=O)CCN1C(=O)/C(=C\c2ccc(OCc3c(F)cccc3Cl)cc2)SC1=S. The van der Waals surface area contributed by atoms with Crippen molar-refractivity contribution in [3.05, 3.63) is 69.3 Å². The van der Waals surface area contributed by atoms with Crippen LogP contribution in [0.1, 0.15) is 30.9 Å². The van der Waals surface area contributed by atoms with Crippen LogP contribution in [0.5, 0.6) is 5.75 Å². The minimum Gasteiger partial charge on any atom is -0.489 e. The molecular weight excluding hydrogens is 473 g/mol. The van der Waals surface area contributed by atoms with Gasteiger partial charge in [0.25, 0.3) is 5.91 Å². The van der Waals surface area contributed by atoms with Gasteiger partial charge < -0.3 is 9.47 Å². The number of thiocarbonyl (C=S) groups is 1. The number of rotatable bonds is 9. The first-order valence-corrected chi connectivity index (χ1v) is 11.6. The van der Waals surface area contributed by atoms with Gasteiger partial charge in [-0.2, -0.15) is 0 Å². The molecule has 1 heterocycles. The first-order chi connectivity index (χ1) is 15.4. The molecule has 0 saturated carbocycles. The summed E-state index contributed by atoms with van der Waals surface area (Å²) in [5.74, 6) is -0.468. The number of carbonyl (C=O) groups is 2. The van der Waals surface area contributed by atoms with E-state index >= 15 is 0 Å². The molecule has 0 radical (unpaired) electrons. The number of thioether (sulfide) groups is 1. The number of hydrogen-bond acceptors (Lipinski definition) is 6. The summed E-state index contributed by atoms with van der Waals surface area (Å²) >= 11 is 12.5. The molecule has 1 aliphatic rings. The number of carbonyl (C=O) groups excluding carboxylic acids is 2. The summed E-state index contributed by atoms with van der Waals surface area (Å²) in [6, 6.07) is 11.5. The molecule has 1 fully saturated rings. The van der Waals surface area contributed by atoms with Crippen LogP contribution < -0.4 is 4.74 Å². The largest absolute Gasteiger partial charge is 0.489 e. The zero-order valence-electron chi connectivity index (χ0n) is 17.3. The van der Waals surface area contributed by atoms with Crippen LogP contribution in [-0.2, 0) is 20.9 Å². The molecule has 5 nitrogen and oxygen atoms in total. The van der Waals surface area contributed by atoms with Crippen molar-refractivity contribution < 1.29 is 23.5 Å². The Kier molecular flexibility index (Phi) is 8.67.